The lowest BCUT2D eigenvalue weighted by molar-refractivity contribution is 0.455. The molecule has 0 spiro atoms. The van der Waals surface area contributed by atoms with Crippen LogP contribution in [0.4, 0.5) is 0 Å². The van der Waals surface area contributed by atoms with Crippen LogP contribution in [0, 0.1) is 0 Å². The SMILES string of the molecule is CNS(=O)(=O)Cc1ccc(CN=C(N)N2CCSCC2)cc1.I. The van der Waals surface area contributed by atoms with Crippen LogP contribution < -0.4 is 10.5 Å². The van der Waals surface area contributed by atoms with Crippen molar-refractivity contribution in [2.24, 2.45) is 10.7 Å². The second-order valence-electron chi connectivity index (χ2n) is 5.05. The second-order valence-corrected chi connectivity index (χ2v) is 8.20. The van der Waals surface area contributed by atoms with Gasteiger partial charge < -0.3 is 10.6 Å². The van der Waals surface area contributed by atoms with Crippen molar-refractivity contribution in [2.45, 2.75) is 12.3 Å². The molecule has 1 aliphatic heterocycles. The molecule has 1 aromatic carbocycles. The Bertz CT molecular complexity index is 614. The molecule has 9 heteroatoms. The van der Waals surface area contributed by atoms with Crippen LogP contribution in [0.25, 0.3) is 0 Å². The maximum absolute atomic E-state index is 11.5. The van der Waals surface area contributed by atoms with E-state index in [9.17, 15) is 8.42 Å². The van der Waals surface area contributed by atoms with Gasteiger partial charge in [-0.3, -0.25) is 0 Å². The fourth-order valence-corrected chi connectivity index (χ4v) is 3.78. The highest BCUT2D eigenvalue weighted by Crippen LogP contribution is 2.11. The average molecular weight is 470 g/mol. The summed E-state index contributed by atoms with van der Waals surface area (Å²) < 4.78 is 25.3. The molecule has 1 aromatic rings. The number of guanidine groups is 1. The van der Waals surface area contributed by atoms with Crippen molar-refractivity contribution in [3.8, 4) is 0 Å². The van der Waals surface area contributed by atoms with Gasteiger partial charge in [0.25, 0.3) is 0 Å². The normalized spacial score (nSPS) is 16.0. The van der Waals surface area contributed by atoms with Crippen molar-refractivity contribution in [1.82, 2.24) is 9.62 Å². The first-order valence-electron chi connectivity index (χ1n) is 7.12. The van der Waals surface area contributed by atoms with E-state index in [2.05, 4.69) is 14.6 Å². The van der Waals surface area contributed by atoms with E-state index in [1.54, 1.807) is 0 Å². The van der Waals surface area contributed by atoms with E-state index in [0.717, 1.165) is 35.7 Å². The third kappa shape index (κ3) is 6.86. The molecule has 1 fully saturated rings. The Labute approximate surface area is 159 Å². The minimum atomic E-state index is -3.23. The molecule has 0 amide bonds. The molecule has 1 aliphatic rings. The van der Waals surface area contributed by atoms with E-state index in [-0.39, 0.29) is 29.7 Å². The second kappa shape index (κ2) is 9.70. The predicted molar refractivity (Wildman–Crippen MR) is 108 cm³/mol. The number of thioether (sulfide) groups is 1. The summed E-state index contributed by atoms with van der Waals surface area (Å²) in [6.45, 7) is 2.40. The van der Waals surface area contributed by atoms with Crippen LogP contribution in [0.1, 0.15) is 11.1 Å². The van der Waals surface area contributed by atoms with Crippen molar-refractivity contribution >= 4 is 51.7 Å². The van der Waals surface area contributed by atoms with E-state index in [1.807, 2.05) is 36.0 Å². The minimum Gasteiger partial charge on any atom is -0.370 e. The zero-order valence-corrected chi connectivity index (χ0v) is 17.0. The fraction of sp³-hybridized carbons (Fsp3) is 0.500. The van der Waals surface area contributed by atoms with E-state index >= 15 is 0 Å². The van der Waals surface area contributed by atoms with Gasteiger partial charge in [0.05, 0.1) is 12.3 Å². The number of nitrogens with two attached hydrogens (primary N) is 1. The van der Waals surface area contributed by atoms with Crippen LogP contribution in [-0.2, 0) is 22.3 Å². The van der Waals surface area contributed by atoms with Crippen molar-refractivity contribution in [2.75, 3.05) is 31.6 Å². The van der Waals surface area contributed by atoms with E-state index in [1.165, 1.54) is 7.05 Å². The first kappa shape index (κ1) is 20.5. The zero-order chi connectivity index (χ0) is 16.0. The minimum absolute atomic E-state index is 0. The van der Waals surface area contributed by atoms with Gasteiger partial charge in [-0.25, -0.2) is 18.1 Å². The molecular formula is C14H23IN4O2S2. The molecule has 23 heavy (non-hydrogen) atoms. The quantitative estimate of drug-likeness (QED) is 0.384. The first-order chi connectivity index (χ1) is 10.5. The number of hydrogen-bond acceptors (Lipinski definition) is 4. The molecule has 6 nitrogen and oxygen atoms in total. The molecular weight excluding hydrogens is 447 g/mol. The van der Waals surface area contributed by atoms with Crippen LogP contribution in [-0.4, -0.2) is 50.9 Å². The van der Waals surface area contributed by atoms with Gasteiger partial charge in [-0.1, -0.05) is 24.3 Å². The Morgan fingerprint density at radius 2 is 1.83 bits per heavy atom. The van der Waals surface area contributed by atoms with Crippen LogP contribution in [0.3, 0.4) is 0 Å². The number of hydrogen-bond donors (Lipinski definition) is 2. The van der Waals surface area contributed by atoms with E-state index in [4.69, 9.17) is 5.73 Å². The summed E-state index contributed by atoms with van der Waals surface area (Å²) in [5.41, 5.74) is 7.77. The molecule has 3 N–H and O–H groups in total. The van der Waals surface area contributed by atoms with Crippen LogP contribution in [0.2, 0.25) is 0 Å². The van der Waals surface area contributed by atoms with Gasteiger partial charge in [-0.15, -0.1) is 24.0 Å². The van der Waals surface area contributed by atoms with Crippen molar-refractivity contribution in [3.63, 3.8) is 0 Å². The van der Waals surface area contributed by atoms with Gasteiger partial charge in [-0.05, 0) is 18.2 Å². The number of halogens is 1. The maximum atomic E-state index is 11.5. The number of benzene rings is 1. The Morgan fingerprint density at radius 3 is 2.39 bits per heavy atom. The summed E-state index contributed by atoms with van der Waals surface area (Å²) in [7, 11) is -1.81. The van der Waals surface area contributed by atoms with Crippen molar-refractivity contribution in [1.29, 1.82) is 0 Å². The van der Waals surface area contributed by atoms with E-state index in [0.29, 0.717) is 12.5 Å². The summed E-state index contributed by atoms with van der Waals surface area (Å²) >= 11 is 1.93. The zero-order valence-electron chi connectivity index (χ0n) is 13.1. The summed E-state index contributed by atoms with van der Waals surface area (Å²) in [6, 6.07) is 7.41. The smallest absolute Gasteiger partial charge is 0.215 e. The van der Waals surface area contributed by atoms with Gasteiger partial charge in [0, 0.05) is 24.6 Å². The highest BCUT2D eigenvalue weighted by molar-refractivity contribution is 14.0. The molecule has 0 aromatic heterocycles. The monoisotopic (exact) mass is 470 g/mol. The molecule has 0 bridgehead atoms. The van der Waals surface area contributed by atoms with Gasteiger partial charge in [0.1, 0.15) is 0 Å². The first-order valence-corrected chi connectivity index (χ1v) is 9.92. The van der Waals surface area contributed by atoms with Crippen molar-refractivity contribution in [3.05, 3.63) is 35.4 Å². The van der Waals surface area contributed by atoms with Crippen LogP contribution >= 0.6 is 35.7 Å². The molecule has 2 rings (SSSR count). The summed E-state index contributed by atoms with van der Waals surface area (Å²) in [5, 5.41) is 0. The lowest BCUT2D eigenvalue weighted by Gasteiger charge is -2.27. The summed E-state index contributed by atoms with van der Waals surface area (Å²) in [5.74, 6) is 2.75. The Morgan fingerprint density at radius 1 is 1.26 bits per heavy atom. The molecule has 0 atom stereocenters. The third-order valence-corrected chi connectivity index (χ3v) is 5.73. The topological polar surface area (TPSA) is 87.8 Å². The average Bonchev–Trinajstić information content (AvgIpc) is 2.54. The number of aliphatic imine (C=N–C) groups is 1. The maximum Gasteiger partial charge on any atom is 0.215 e. The number of sulfonamides is 1. The molecule has 0 aliphatic carbocycles. The van der Waals surface area contributed by atoms with Gasteiger partial charge in [-0.2, -0.15) is 11.8 Å². The number of nitrogens with one attached hydrogen (secondary N) is 1. The predicted octanol–water partition coefficient (Wildman–Crippen LogP) is 1.22. The third-order valence-electron chi connectivity index (χ3n) is 3.45. The Hall–Kier alpha value is -0.520. The molecule has 0 unspecified atom stereocenters. The van der Waals surface area contributed by atoms with Crippen molar-refractivity contribution < 1.29 is 8.42 Å². The molecule has 1 heterocycles. The summed E-state index contributed by atoms with van der Waals surface area (Å²) in [6.07, 6.45) is 0. The van der Waals surface area contributed by atoms with Crippen LogP contribution in [0.15, 0.2) is 29.3 Å². The molecule has 1 saturated heterocycles. The fourth-order valence-electron chi connectivity index (χ4n) is 2.10. The van der Waals surface area contributed by atoms with Gasteiger partial charge in [0.15, 0.2) is 5.96 Å². The number of nitrogens with zero attached hydrogens (tertiary/aromatic N) is 2. The largest absolute Gasteiger partial charge is 0.370 e. The highest BCUT2D eigenvalue weighted by Gasteiger charge is 2.12. The lowest BCUT2D eigenvalue weighted by Crippen LogP contribution is -2.42. The lowest BCUT2D eigenvalue weighted by atomic mass is 10.1. The Kier molecular flexibility index (Phi) is 8.65. The highest BCUT2D eigenvalue weighted by atomic mass is 127. The Balaban J connectivity index is 0.00000264. The molecule has 0 saturated carbocycles. The summed E-state index contributed by atoms with van der Waals surface area (Å²) in [4.78, 5) is 6.52. The molecule has 0 radical (unpaired) electrons. The van der Waals surface area contributed by atoms with Gasteiger partial charge >= 0.3 is 0 Å². The van der Waals surface area contributed by atoms with Crippen LogP contribution in [0.5, 0.6) is 0 Å². The van der Waals surface area contributed by atoms with Gasteiger partial charge in [0.2, 0.25) is 10.0 Å². The molecule has 130 valence electrons. The number of rotatable bonds is 5. The van der Waals surface area contributed by atoms with E-state index < -0.39 is 10.0 Å². The standard InChI is InChI=1S/C14H22N4O2S2.HI/c1-16-22(19,20)11-13-4-2-12(3-5-13)10-17-14(15)18-6-8-21-9-7-18;/h2-5,16H,6-11H2,1H3,(H2,15,17);1H.